The van der Waals surface area contributed by atoms with Crippen molar-refractivity contribution in [3.8, 4) is 11.5 Å². The van der Waals surface area contributed by atoms with Gasteiger partial charge in [-0.3, -0.25) is 4.79 Å². The third-order valence-electron chi connectivity index (χ3n) is 6.37. The van der Waals surface area contributed by atoms with Crippen LogP contribution in [0.4, 0.5) is 0 Å². The Morgan fingerprint density at radius 2 is 1.41 bits per heavy atom. The molecule has 0 N–H and O–H groups in total. The molecule has 0 unspecified atom stereocenters. The van der Waals surface area contributed by atoms with Crippen molar-refractivity contribution in [3.63, 3.8) is 0 Å². The quantitative estimate of drug-likeness (QED) is 0.681. The second-order valence-electron chi connectivity index (χ2n) is 8.52. The van der Waals surface area contributed by atoms with Gasteiger partial charge in [0.1, 0.15) is 22.7 Å². The van der Waals surface area contributed by atoms with Gasteiger partial charge in [0, 0.05) is 11.8 Å². The van der Waals surface area contributed by atoms with Crippen molar-refractivity contribution in [1.82, 2.24) is 0 Å². The van der Waals surface area contributed by atoms with Crippen LogP contribution in [-0.2, 0) is 14.9 Å². The Kier molecular flexibility index (Phi) is 4.68. The van der Waals surface area contributed by atoms with Gasteiger partial charge in [0.25, 0.3) is 0 Å². The van der Waals surface area contributed by atoms with Crippen LogP contribution >= 0.6 is 0 Å². The van der Waals surface area contributed by atoms with Crippen molar-refractivity contribution < 1.29 is 19.0 Å². The second kappa shape index (κ2) is 6.94. The minimum absolute atomic E-state index is 0.0240. The molecule has 0 radical (unpaired) electrons. The number of ketones is 1. The maximum absolute atomic E-state index is 13.3. The Morgan fingerprint density at radius 1 is 0.862 bits per heavy atom. The molecule has 1 saturated carbocycles. The van der Waals surface area contributed by atoms with Crippen LogP contribution in [0.3, 0.4) is 0 Å². The molecular weight excluding hydrogens is 364 g/mol. The molecule has 1 fully saturated rings. The maximum atomic E-state index is 13.3. The van der Waals surface area contributed by atoms with Crippen molar-refractivity contribution in [1.29, 1.82) is 0 Å². The Morgan fingerprint density at radius 3 is 1.90 bits per heavy atom. The van der Waals surface area contributed by atoms with E-state index in [1.165, 1.54) is 0 Å². The highest BCUT2D eigenvalue weighted by molar-refractivity contribution is 6.05. The molecular formula is C25H28O4. The van der Waals surface area contributed by atoms with Crippen molar-refractivity contribution in [3.05, 3.63) is 65.4 Å². The standard InChI is InChI=1S/C25H28O4/c1-16(2)29-23-21(17-6-10-19(27-4)11-7-17)14-24(3)15-22(26)25(23,24)18-8-12-20(28-5)13-9-18/h6-13,16H,14-15H2,1-5H3/t24-,25-/m0/s1. The van der Waals surface area contributed by atoms with Gasteiger partial charge < -0.3 is 14.2 Å². The zero-order valence-electron chi connectivity index (χ0n) is 17.7. The minimum atomic E-state index is -0.737. The fraction of sp³-hybridized carbons (Fsp3) is 0.400. The Balaban J connectivity index is 1.91. The SMILES string of the molecule is COc1ccc(C2=C(OC(C)C)[C@]3(c4ccc(OC)cc4)C(=O)C[C@]3(C)C2)cc1. The lowest BCUT2D eigenvalue weighted by atomic mass is 9.48. The molecule has 0 aliphatic heterocycles. The number of rotatable bonds is 6. The average Bonchev–Trinajstić information content (AvgIpc) is 2.91. The highest BCUT2D eigenvalue weighted by atomic mass is 16.5. The van der Waals surface area contributed by atoms with Crippen LogP contribution in [0.5, 0.6) is 11.5 Å². The third-order valence-corrected chi connectivity index (χ3v) is 6.37. The lowest BCUT2D eigenvalue weighted by Gasteiger charge is -2.53. The molecule has 152 valence electrons. The fourth-order valence-electron chi connectivity index (χ4n) is 5.04. The molecule has 2 aliphatic rings. The molecule has 0 bridgehead atoms. The van der Waals surface area contributed by atoms with Crippen molar-refractivity contribution in [2.45, 2.75) is 45.1 Å². The van der Waals surface area contributed by atoms with Crippen molar-refractivity contribution >= 4 is 11.4 Å². The summed E-state index contributed by atoms with van der Waals surface area (Å²) in [4.78, 5) is 13.3. The topological polar surface area (TPSA) is 44.8 Å². The smallest absolute Gasteiger partial charge is 0.152 e. The summed E-state index contributed by atoms with van der Waals surface area (Å²) in [5.41, 5.74) is 2.25. The summed E-state index contributed by atoms with van der Waals surface area (Å²) >= 11 is 0. The lowest BCUT2D eigenvalue weighted by molar-refractivity contribution is -0.144. The molecule has 2 aromatic carbocycles. The average molecular weight is 392 g/mol. The maximum Gasteiger partial charge on any atom is 0.152 e. The van der Waals surface area contributed by atoms with Gasteiger partial charge in [-0.2, -0.15) is 0 Å². The van der Waals surface area contributed by atoms with E-state index in [1.807, 2.05) is 50.2 Å². The lowest BCUT2D eigenvalue weighted by Crippen LogP contribution is -2.60. The largest absolute Gasteiger partial charge is 0.497 e. The van der Waals surface area contributed by atoms with E-state index >= 15 is 0 Å². The van der Waals surface area contributed by atoms with E-state index in [9.17, 15) is 4.79 Å². The zero-order chi connectivity index (χ0) is 20.8. The number of hydrogen-bond acceptors (Lipinski definition) is 4. The molecule has 2 aromatic rings. The van der Waals surface area contributed by atoms with E-state index in [0.717, 1.165) is 40.4 Å². The van der Waals surface area contributed by atoms with Crippen molar-refractivity contribution in [2.24, 2.45) is 5.41 Å². The first kappa shape index (κ1) is 19.6. The van der Waals surface area contributed by atoms with Gasteiger partial charge in [-0.15, -0.1) is 0 Å². The number of carbonyl (C=O) groups excluding carboxylic acids is 1. The number of allylic oxidation sites excluding steroid dienone is 2. The summed E-state index contributed by atoms with van der Waals surface area (Å²) in [6.45, 7) is 6.23. The molecule has 4 heteroatoms. The summed E-state index contributed by atoms with van der Waals surface area (Å²) in [5.74, 6) is 2.63. The number of Topliss-reactive ketones (excluding diaryl/α,β-unsaturated/α-hetero) is 1. The Bertz CT molecular complexity index is 955. The van der Waals surface area contributed by atoms with Gasteiger partial charge in [0.05, 0.1) is 20.3 Å². The van der Waals surface area contributed by atoms with Gasteiger partial charge in [0.15, 0.2) is 5.78 Å². The van der Waals surface area contributed by atoms with E-state index in [2.05, 4.69) is 19.1 Å². The van der Waals surface area contributed by atoms with Gasteiger partial charge >= 0.3 is 0 Å². The van der Waals surface area contributed by atoms with Crippen LogP contribution in [-0.4, -0.2) is 26.1 Å². The van der Waals surface area contributed by atoms with Gasteiger partial charge in [-0.05, 0) is 61.2 Å². The highest BCUT2D eigenvalue weighted by Gasteiger charge is 2.70. The first-order valence-corrected chi connectivity index (χ1v) is 10.1. The van der Waals surface area contributed by atoms with Crippen LogP contribution in [0.1, 0.15) is 44.7 Å². The van der Waals surface area contributed by atoms with Crippen LogP contribution in [0.25, 0.3) is 5.57 Å². The molecule has 2 aliphatic carbocycles. The zero-order valence-corrected chi connectivity index (χ0v) is 17.7. The van der Waals surface area contributed by atoms with E-state index in [0.29, 0.717) is 6.42 Å². The molecule has 2 atom stereocenters. The van der Waals surface area contributed by atoms with Gasteiger partial charge in [-0.1, -0.05) is 31.2 Å². The number of carbonyl (C=O) groups is 1. The molecule has 0 spiro atoms. The Labute approximate surface area is 172 Å². The molecule has 0 aromatic heterocycles. The number of benzene rings is 2. The predicted molar refractivity (Wildman–Crippen MR) is 113 cm³/mol. The number of hydrogen-bond donors (Lipinski definition) is 0. The second-order valence-corrected chi connectivity index (χ2v) is 8.52. The predicted octanol–water partition coefficient (Wildman–Crippen LogP) is 5.16. The normalized spacial score (nSPS) is 25.7. The minimum Gasteiger partial charge on any atom is -0.497 e. The number of methoxy groups -OCH3 is 2. The van der Waals surface area contributed by atoms with Gasteiger partial charge in [0.2, 0.25) is 0 Å². The summed E-state index contributed by atoms with van der Waals surface area (Å²) in [5, 5.41) is 0. The molecule has 0 amide bonds. The third kappa shape index (κ3) is 2.77. The summed E-state index contributed by atoms with van der Waals surface area (Å²) in [7, 11) is 3.31. The van der Waals surface area contributed by atoms with Crippen LogP contribution in [0, 0.1) is 5.41 Å². The van der Waals surface area contributed by atoms with Crippen molar-refractivity contribution in [2.75, 3.05) is 14.2 Å². The number of ether oxygens (including phenoxy) is 3. The monoisotopic (exact) mass is 392 g/mol. The van der Waals surface area contributed by atoms with Crippen LogP contribution in [0.2, 0.25) is 0 Å². The van der Waals surface area contributed by atoms with E-state index < -0.39 is 5.41 Å². The first-order chi connectivity index (χ1) is 13.9. The summed E-state index contributed by atoms with van der Waals surface area (Å²) in [6.07, 6.45) is 1.34. The van der Waals surface area contributed by atoms with Crippen LogP contribution < -0.4 is 9.47 Å². The first-order valence-electron chi connectivity index (χ1n) is 10.1. The Hall–Kier alpha value is -2.75. The molecule has 0 saturated heterocycles. The van der Waals surface area contributed by atoms with Crippen LogP contribution in [0.15, 0.2) is 54.3 Å². The molecule has 0 heterocycles. The summed E-state index contributed by atoms with van der Waals surface area (Å²) in [6, 6.07) is 15.9. The van der Waals surface area contributed by atoms with Gasteiger partial charge in [-0.25, -0.2) is 0 Å². The molecule has 29 heavy (non-hydrogen) atoms. The number of fused-ring (bicyclic) bond motifs is 1. The van der Waals surface area contributed by atoms with E-state index in [-0.39, 0.29) is 17.3 Å². The van der Waals surface area contributed by atoms with E-state index in [4.69, 9.17) is 14.2 Å². The van der Waals surface area contributed by atoms with E-state index in [1.54, 1.807) is 14.2 Å². The summed E-state index contributed by atoms with van der Waals surface area (Å²) < 4.78 is 17.1. The molecule has 4 nitrogen and oxygen atoms in total. The highest BCUT2D eigenvalue weighted by Crippen LogP contribution is 2.68. The fourth-order valence-corrected chi connectivity index (χ4v) is 5.04. The molecule has 4 rings (SSSR count).